The van der Waals surface area contributed by atoms with Crippen molar-refractivity contribution in [3.05, 3.63) is 64.1 Å². The van der Waals surface area contributed by atoms with E-state index in [4.69, 9.17) is 4.74 Å². The van der Waals surface area contributed by atoms with Gasteiger partial charge >= 0.3 is 6.09 Å². The Morgan fingerprint density at radius 3 is 2.50 bits per heavy atom. The third kappa shape index (κ3) is 4.02. The van der Waals surface area contributed by atoms with E-state index in [0.29, 0.717) is 12.1 Å². The number of carbonyl (C=O) groups excluding carboxylic acids is 2. The third-order valence-corrected chi connectivity index (χ3v) is 4.23. The minimum Gasteiger partial charge on any atom is -0.442 e. The molecule has 1 aliphatic rings. The number of benzene rings is 2. The molecule has 6 heteroatoms. The second-order valence-electron chi connectivity index (χ2n) is 6.98. The Kier molecular flexibility index (Phi) is 4.96. The van der Waals surface area contributed by atoms with Gasteiger partial charge in [0.15, 0.2) is 0 Å². The topological polar surface area (TPSA) is 59.0 Å². The molecule has 0 aromatic heterocycles. The van der Waals surface area contributed by atoms with Gasteiger partial charge in [-0.2, -0.15) is 4.99 Å². The lowest BCUT2D eigenvalue weighted by molar-refractivity contribution is -0.112. The van der Waals surface area contributed by atoms with Gasteiger partial charge < -0.3 is 9.64 Å². The summed E-state index contributed by atoms with van der Waals surface area (Å²) in [5, 5.41) is 0. The average Bonchev–Trinajstić information content (AvgIpc) is 2.79. The normalized spacial score (nSPS) is 15.3. The number of amides is 2. The van der Waals surface area contributed by atoms with Crippen molar-refractivity contribution in [2.75, 3.05) is 4.90 Å². The quantitative estimate of drug-likeness (QED) is 0.713. The van der Waals surface area contributed by atoms with Crippen LogP contribution in [-0.4, -0.2) is 23.3 Å². The number of nitrogens with zero attached hydrogens (tertiary/aromatic N) is 2. The predicted octanol–water partition coefficient (Wildman–Crippen LogP) is 4.72. The number of rotatable bonds is 2. The van der Waals surface area contributed by atoms with Crippen LogP contribution in [0.5, 0.6) is 0 Å². The number of aliphatic imine (C=N–C) groups is 1. The van der Waals surface area contributed by atoms with E-state index in [2.05, 4.69) is 20.9 Å². The molecule has 2 aromatic carbocycles. The van der Waals surface area contributed by atoms with Crippen molar-refractivity contribution in [2.45, 2.75) is 32.9 Å². The summed E-state index contributed by atoms with van der Waals surface area (Å²) in [4.78, 5) is 30.6. The molecule has 134 valence electrons. The van der Waals surface area contributed by atoms with Crippen LogP contribution in [0.1, 0.15) is 31.9 Å². The van der Waals surface area contributed by atoms with E-state index in [1.54, 1.807) is 31.7 Å². The van der Waals surface area contributed by atoms with Crippen LogP contribution >= 0.6 is 15.9 Å². The molecule has 0 radical (unpaired) electrons. The van der Waals surface area contributed by atoms with Crippen LogP contribution in [0, 0.1) is 0 Å². The highest BCUT2D eigenvalue weighted by atomic mass is 79.9. The van der Waals surface area contributed by atoms with E-state index >= 15 is 0 Å². The van der Waals surface area contributed by atoms with E-state index in [-0.39, 0.29) is 11.6 Å². The largest absolute Gasteiger partial charge is 0.442 e. The van der Waals surface area contributed by atoms with Gasteiger partial charge in [0.25, 0.3) is 5.91 Å². The van der Waals surface area contributed by atoms with Crippen molar-refractivity contribution in [1.29, 1.82) is 0 Å². The van der Waals surface area contributed by atoms with Crippen LogP contribution in [0.3, 0.4) is 0 Å². The number of carbonyl (C=O) groups is 2. The van der Waals surface area contributed by atoms with Crippen molar-refractivity contribution in [3.8, 4) is 0 Å². The van der Waals surface area contributed by atoms with Crippen LogP contribution in [0.25, 0.3) is 0 Å². The minimum atomic E-state index is -0.767. The third-order valence-electron chi connectivity index (χ3n) is 3.73. The molecule has 2 aromatic rings. The van der Waals surface area contributed by atoms with Crippen molar-refractivity contribution in [2.24, 2.45) is 4.99 Å². The highest BCUT2D eigenvalue weighted by Gasteiger charge is 2.35. The second kappa shape index (κ2) is 7.03. The number of fused-ring (bicyclic) bond motifs is 1. The SMILES string of the molecule is CC(C)(C)OC(=O)/N=C1/C(=O)N(Cc2ccccc2)c2cc(Br)ccc21. The van der Waals surface area contributed by atoms with Gasteiger partial charge in [0, 0.05) is 10.0 Å². The molecule has 1 heterocycles. The van der Waals surface area contributed by atoms with E-state index < -0.39 is 11.7 Å². The summed E-state index contributed by atoms with van der Waals surface area (Å²) in [6, 6.07) is 15.1. The molecule has 0 bridgehead atoms. The first-order chi connectivity index (χ1) is 12.2. The molecule has 1 aliphatic heterocycles. The number of hydrogen-bond acceptors (Lipinski definition) is 3. The summed E-state index contributed by atoms with van der Waals surface area (Å²) in [5.74, 6) is -0.312. The summed E-state index contributed by atoms with van der Waals surface area (Å²) in [5.41, 5.74) is 1.77. The fourth-order valence-corrected chi connectivity index (χ4v) is 3.04. The van der Waals surface area contributed by atoms with Crippen molar-refractivity contribution < 1.29 is 14.3 Å². The molecule has 0 spiro atoms. The number of halogens is 1. The molecule has 0 N–H and O–H groups in total. The van der Waals surface area contributed by atoms with Crippen molar-refractivity contribution in [1.82, 2.24) is 0 Å². The van der Waals surface area contributed by atoms with E-state index in [1.165, 1.54) is 0 Å². The first-order valence-electron chi connectivity index (χ1n) is 8.22. The number of hydrogen-bond donors (Lipinski definition) is 0. The monoisotopic (exact) mass is 414 g/mol. The highest BCUT2D eigenvalue weighted by molar-refractivity contribution is 9.10. The van der Waals surface area contributed by atoms with Gasteiger partial charge in [-0.1, -0.05) is 46.3 Å². The smallest absolute Gasteiger partial charge is 0.434 e. The molecule has 0 aliphatic carbocycles. The van der Waals surface area contributed by atoms with E-state index in [1.807, 2.05) is 42.5 Å². The zero-order valence-electron chi connectivity index (χ0n) is 14.8. The zero-order chi connectivity index (χ0) is 18.9. The van der Waals surface area contributed by atoms with Gasteiger partial charge in [0.05, 0.1) is 12.2 Å². The van der Waals surface area contributed by atoms with Gasteiger partial charge in [-0.15, -0.1) is 0 Å². The highest BCUT2D eigenvalue weighted by Crippen LogP contribution is 2.33. The molecule has 3 rings (SSSR count). The molecule has 0 saturated heterocycles. The van der Waals surface area contributed by atoms with E-state index in [9.17, 15) is 9.59 Å². The van der Waals surface area contributed by atoms with Crippen LogP contribution in [-0.2, 0) is 16.1 Å². The summed E-state index contributed by atoms with van der Waals surface area (Å²) in [7, 11) is 0. The average molecular weight is 415 g/mol. The molecule has 2 amide bonds. The Bertz CT molecular complexity index is 886. The molecule has 0 saturated carbocycles. The zero-order valence-corrected chi connectivity index (χ0v) is 16.4. The Hall–Kier alpha value is -2.47. The number of ether oxygens (including phenoxy) is 1. The fraction of sp³-hybridized carbons (Fsp3) is 0.250. The van der Waals surface area contributed by atoms with Crippen LogP contribution < -0.4 is 4.90 Å². The molecular formula is C20H19BrN2O3. The molecule has 26 heavy (non-hydrogen) atoms. The van der Waals surface area contributed by atoms with Gasteiger partial charge in [-0.05, 0) is 44.5 Å². The maximum atomic E-state index is 13.0. The first kappa shape index (κ1) is 18.3. The molecule has 0 fully saturated rings. The number of anilines is 1. The summed E-state index contributed by atoms with van der Waals surface area (Å²) < 4.78 is 6.08. The summed E-state index contributed by atoms with van der Waals surface area (Å²) in [6.45, 7) is 5.67. The molecule has 0 unspecified atom stereocenters. The Balaban J connectivity index is 1.98. The van der Waals surface area contributed by atoms with Crippen molar-refractivity contribution >= 4 is 39.3 Å². The summed E-state index contributed by atoms with van der Waals surface area (Å²) >= 11 is 3.44. The molecule has 5 nitrogen and oxygen atoms in total. The van der Waals surface area contributed by atoms with Crippen LogP contribution in [0.2, 0.25) is 0 Å². The Labute approximate surface area is 160 Å². The predicted molar refractivity (Wildman–Crippen MR) is 105 cm³/mol. The Morgan fingerprint density at radius 2 is 1.85 bits per heavy atom. The summed E-state index contributed by atoms with van der Waals surface area (Å²) in [6.07, 6.45) is -0.767. The fourth-order valence-electron chi connectivity index (χ4n) is 2.69. The van der Waals surface area contributed by atoms with Gasteiger partial charge in [0.1, 0.15) is 11.3 Å². The maximum Gasteiger partial charge on any atom is 0.434 e. The lowest BCUT2D eigenvalue weighted by atomic mass is 10.1. The van der Waals surface area contributed by atoms with Crippen LogP contribution in [0.4, 0.5) is 10.5 Å². The minimum absolute atomic E-state index is 0.109. The molecule has 0 atom stereocenters. The van der Waals surface area contributed by atoms with E-state index in [0.717, 1.165) is 15.7 Å². The second-order valence-corrected chi connectivity index (χ2v) is 7.89. The van der Waals surface area contributed by atoms with Crippen LogP contribution in [0.15, 0.2) is 58.0 Å². The van der Waals surface area contributed by atoms with Gasteiger partial charge in [0.2, 0.25) is 0 Å². The lowest BCUT2D eigenvalue weighted by Crippen LogP contribution is -2.30. The molecular weight excluding hydrogens is 396 g/mol. The standard InChI is InChI=1S/C20H19BrN2O3/c1-20(2,3)26-19(25)22-17-15-10-9-14(21)11-16(15)23(18(17)24)12-13-7-5-4-6-8-13/h4-11H,12H2,1-3H3/b22-17+. The lowest BCUT2D eigenvalue weighted by Gasteiger charge is -2.18. The van der Waals surface area contributed by atoms with Gasteiger partial charge in [-0.3, -0.25) is 4.79 Å². The van der Waals surface area contributed by atoms with Crippen molar-refractivity contribution in [3.63, 3.8) is 0 Å². The Morgan fingerprint density at radius 1 is 1.15 bits per heavy atom. The van der Waals surface area contributed by atoms with Gasteiger partial charge in [-0.25, -0.2) is 4.79 Å². The maximum absolute atomic E-state index is 13.0. The first-order valence-corrected chi connectivity index (χ1v) is 9.01.